The summed E-state index contributed by atoms with van der Waals surface area (Å²) in [6.45, 7) is 0. The van der Waals surface area contributed by atoms with Crippen molar-refractivity contribution < 1.29 is 19.5 Å². The number of aliphatic carboxylic acids is 1. The number of carbonyl (C=O) groups excluding carboxylic acids is 2. The number of nitrogens with zero attached hydrogens (tertiary/aromatic N) is 1. The third kappa shape index (κ3) is 1.79. The molecule has 0 unspecified atom stereocenters. The Morgan fingerprint density at radius 2 is 2.41 bits per heavy atom. The van der Waals surface area contributed by atoms with E-state index in [2.05, 4.69) is 5.32 Å². The Labute approximate surface area is 106 Å². The van der Waals surface area contributed by atoms with E-state index in [1.54, 1.807) is 0 Å². The molecule has 0 aromatic carbocycles. The van der Waals surface area contributed by atoms with Gasteiger partial charge in [0.25, 0.3) is 5.91 Å². The summed E-state index contributed by atoms with van der Waals surface area (Å²) < 4.78 is 0. The van der Waals surface area contributed by atoms with Gasteiger partial charge in [0.05, 0.1) is 0 Å². The molecule has 2 aliphatic rings. The first-order chi connectivity index (χ1) is 8.11. The first-order valence-electron chi connectivity index (χ1n) is 4.77. The van der Waals surface area contributed by atoms with Crippen molar-refractivity contribution in [3.05, 3.63) is 11.3 Å². The van der Waals surface area contributed by atoms with E-state index in [4.69, 9.17) is 16.7 Å². The summed E-state index contributed by atoms with van der Waals surface area (Å²) in [5.74, 6) is -1.04. The Morgan fingerprint density at radius 3 is 2.94 bits per heavy atom. The monoisotopic (exact) mass is 276 g/mol. The number of alkyl halides is 1. The molecule has 2 N–H and O–H groups in total. The van der Waals surface area contributed by atoms with Gasteiger partial charge in [0.1, 0.15) is 17.1 Å². The molecule has 2 heterocycles. The summed E-state index contributed by atoms with van der Waals surface area (Å²) >= 11 is 7.05. The van der Waals surface area contributed by atoms with Crippen LogP contribution in [0, 0.1) is 0 Å². The minimum atomic E-state index is -1.16. The zero-order valence-electron chi connectivity index (χ0n) is 8.55. The standard InChI is InChI=1S/C9H9ClN2O4S/c10-1-4-2-17-8-5(11-3-13)7(14)12(8)6(4)9(15)16/h3,5,8H,1-2H2,(H,11,13)(H,15,16)/t5-,8-/m1/s1. The highest BCUT2D eigenvalue weighted by molar-refractivity contribution is 8.00. The molecule has 2 rings (SSSR count). The van der Waals surface area contributed by atoms with Crippen LogP contribution in [-0.2, 0) is 14.4 Å². The van der Waals surface area contributed by atoms with Crippen LogP contribution in [0.2, 0.25) is 0 Å². The minimum Gasteiger partial charge on any atom is -0.477 e. The third-order valence-electron chi connectivity index (χ3n) is 2.66. The molecule has 1 fully saturated rings. The zero-order chi connectivity index (χ0) is 12.6. The van der Waals surface area contributed by atoms with Crippen LogP contribution in [0.25, 0.3) is 0 Å². The third-order valence-corrected chi connectivity index (χ3v) is 4.32. The Bertz CT molecular complexity index is 425. The topological polar surface area (TPSA) is 86.7 Å². The number of thioether (sulfide) groups is 1. The van der Waals surface area contributed by atoms with Crippen molar-refractivity contribution >= 4 is 41.6 Å². The number of amides is 2. The van der Waals surface area contributed by atoms with Crippen molar-refractivity contribution in [2.75, 3.05) is 11.6 Å². The van der Waals surface area contributed by atoms with Crippen molar-refractivity contribution in [3.8, 4) is 0 Å². The quantitative estimate of drug-likeness (QED) is 0.414. The summed E-state index contributed by atoms with van der Waals surface area (Å²) in [7, 11) is 0. The second kappa shape index (κ2) is 4.58. The number of β-lactam (4-membered cyclic amide) rings is 1. The molecular weight excluding hydrogens is 268 g/mol. The predicted molar refractivity (Wildman–Crippen MR) is 61.5 cm³/mol. The van der Waals surface area contributed by atoms with Crippen LogP contribution in [0.3, 0.4) is 0 Å². The van der Waals surface area contributed by atoms with E-state index in [0.29, 0.717) is 17.7 Å². The van der Waals surface area contributed by atoms with Crippen LogP contribution < -0.4 is 5.32 Å². The first kappa shape index (κ1) is 12.3. The van der Waals surface area contributed by atoms with Gasteiger partial charge in [-0.3, -0.25) is 14.5 Å². The molecule has 8 heteroatoms. The van der Waals surface area contributed by atoms with Crippen molar-refractivity contribution in [3.63, 3.8) is 0 Å². The average molecular weight is 277 g/mol. The molecule has 0 radical (unpaired) electrons. The lowest BCUT2D eigenvalue weighted by Crippen LogP contribution is -2.69. The SMILES string of the molecule is O=CN[C@@H]1C(=O)N2C(C(=O)O)=C(CCl)CS[C@H]12. The van der Waals surface area contributed by atoms with Gasteiger partial charge in [-0.1, -0.05) is 0 Å². The number of carbonyl (C=O) groups is 3. The van der Waals surface area contributed by atoms with E-state index >= 15 is 0 Å². The van der Waals surface area contributed by atoms with E-state index in [0.717, 1.165) is 0 Å². The van der Waals surface area contributed by atoms with Crippen LogP contribution in [0.15, 0.2) is 11.3 Å². The molecule has 0 bridgehead atoms. The van der Waals surface area contributed by atoms with E-state index in [-0.39, 0.29) is 17.0 Å². The van der Waals surface area contributed by atoms with Gasteiger partial charge in [-0.15, -0.1) is 23.4 Å². The number of fused-ring (bicyclic) bond motifs is 1. The Morgan fingerprint density at radius 1 is 1.71 bits per heavy atom. The fourth-order valence-corrected chi connectivity index (χ4v) is 3.57. The van der Waals surface area contributed by atoms with Gasteiger partial charge in [-0.2, -0.15) is 0 Å². The van der Waals surface area contributed by atoms with Crippen LogP contribution in [0.4, 0.5) is 0 Å². The van der Waals surface area contributed by atoms with Gasteiger partial charge in [-0.25, -0.2) is 4.79 Å². The number of rotatable bonds is 4. The maximum atomic E-state index is 11.7. The fraction of sp³-hybridized carbons (Fsp3) is 0.444. The number of halogens is 1. The zero-order valence-corrected chi connectivity index (χ0v) is 10.1. The molecule has 2 atom stereocenters. The average Bonchev–Trinajstić information content (AvgIpc) is 2.33. The molecule has 0 aromatic rings. The molecule has 0 aromatic heterocycles. The minimum absolute atomic E-state index is 0.0438. The molecule has 0 saturated carbocycles. The molecule has 2 amide bonds. The smallest absolute Gasteiger partial charge is 0.352 e. The number of nitrogens with one attached hydrogen (secondary N) is 1. The Kier molecular flexibility index (Phi) is 3.30. The maximum Gasteiger partial charge on any atom is 0.352 e. The number of carboxylic acid groups (broad SMARTS) is 1. The first-order valence-corrected chi connectivity index (χ1v) is 6.35. The maximum absolute atomic E-state index is 11.7. The van der Waals surface area contributed by atoms with Crippen molar-refractivity contribution in [1.82, 2.24) is 10.2 Å². The summed E-state index contributed by atoms with van der Waals surface area (Å²) in [5.41, 5.74) is 0.482. The normalized spacial score (nSPS) is 27.4. The van der Waals surface area contributed by atoms with Gasteiger partial charge in [0.2, 0.25) is 6.41 Å². The van der Waals surface area contributed by atoms with Gasteiger partial charge in [0, 0.05) is 11.6 Å². The molecule has 6 nitrogen and oxygen atoms in total. The molecule has 92 valence electrons. The Hall–Kier alpha value is -1.21. The van der Waals surface area contributed by atoms with Gasteiger partial charge >= 0.3 is 5.97 Å². The highest BCUT2D eigenvalue weighted by atomic mass is 35.5. The molecule has 0 spiro atoms. The highest BCUT2D eigenvalue weighted by Gasteiger charge is 2.53. The summed E-state index contributed by atoms with van der Waals surface area (Å²) in [5, 5.41) is 11.1. The van der Waals surface area contributed by atoms with E-state index in [1.165, 1.54) is 16.7 Å². The van der Waals surface area contributed by atoms with Crippen LogP contribution >= 0.6 is 23.4 Å². The Balaban J connectivity index is 2.29. The lowest BCUT2D eigenvalue weighted by molar-refractivity contribution is -0.149. The lowest BCUT2D eigenvalue weighted by Gasteiger charge is -2.48. The van der Waals surface area contributed by atoms with Gasteiger partial charge < -0.3 is 10.4 Å². The number of hydrogen-bond acceptors (Lipinski definition) is 4. The summed E-state index contributed by atoms with van der Waals surface area (Å²) in [6, 6.07) is -0.635. The highest BCUT2D eigenvalue weighted by Crippen LogP contribution is 2.40. The summed E-state index contributed by atoms with van der Waals surface area (Å²) in [6.07, 6.45) is 0.446. The molecule has 1 saturated heterocycles. The molecular formula is C9H9ClN2O4S. The second-order valence-corrected chi connectivity index (χ2v) is 4.94. The van der Waals surface area contributed by atoms with Gasteiger partial charge in [0.15, 0.2) is 0 Å². The van der Waals surface area contributed by atoms with Crippen LogP contribution in [-0.4, -0.2) is 51.3 Å². The van der Waals surface area contributed by atoms with Crippen molar-refractivity contribution in [2.24, 2.45) is 0 Å². The molecule has 2 aliphatic heterocycles. The number of carboxylic acids is 1. The van der Waals surface area contributed by atoms with Crippen molar-refractivity contribution in [2.45, 2.75) is 11.4 Å². The molecule has 0 aliphatic carbocycles. The number of hydrogen-bond donors (Lipinski definition) is 2. The molecule has 17 heavy (non-hydrogen) atoms. The van der Waals surface area contributed by atoms with E-state index in [9.17, 15) is 14.4 Å². The predicted octanol–water partition coefficient (Wildman–Crippen LogP) is -0.406. The second-order valence-electron chi connectivity index (χ2n) is 3.56. The van der Waals surface area contributed by atoms with Crippen LogP contribution in [0.1, 0.15) is 0 Å². The lowest BCUT2D eigenvalue weighted by atomic mass is 10.0. The fourth-order valence-electron chi connectivity index (χ4n) is 1.88. The van der Waals surface area contributed by atoms with E-state index < -0.39 is 17.9 Å². The largest absolute Gasteiger partial charge is 0.477 e. The van der Waals surface area contributed by atoms with Crippen molar-refractivity contribution in [1.29, 1.82) is 0 Å². The van der Waals surface area contributed by atoms with Crippen LogP contribution in [0.5, 0.6) is 0 Å². The van der Waals surface area contributed by atoms with E-state index in [1.807, 2.05) is 0 Å². The van der Waals surface area contributed by atoms with Gasteiger partial charge in [-0.05, 0) is 5.57 Å². The summed E-state index contributed by atoms with van der Waals surface area (Å²) in [4.78, 5) is 34.3.